The molecule has 3 heterocycles. The van der Waals surface area contributed by atoms with Crippen LogP contribution < -0.4 is 4.90 Å². The number of aromatic carboxylic acids is 1. The van der Waals surface area contributed by atoms with Crippen LogP contribution in [0.2, 0.25) is 0 Å². The van der Waals surface area contributed by atoms with E-state index >= 15 is 0 Å². The van der Waals surface area contributed by atoms with Crippen molar-refractivity contribution >= 4 is 28.5 Å². The molecule has 2 aromatic carbocycles. The number of fused-ring (bicyclic) bond motifs is 1. The third-order valence-corrected chi connectivity index (χ3v) is 6.00. The van der Waals surface area contributed by atoms with Crippen LogP contribution >= 0.6 is 0 Å². The number of carboxylic acids is 1. The van der Waals surface area contributed by atoms with E-state index < -0.39 is 5.97 Å². The molecule has 172 valence electrons. The number of carboxylic acid groups (broad SMARTS) is 1. The summed E-state index contributed by atoms with van der Waals surface area (Å²) in [6.07, 6.45) is 1.69. The van der Waals surface area contributed by atoms with E-state index in [4.69, 9.17) is 0 Å². The van der Waals surface area contributed by atoms with Crippen molar-refractivity contribution in [1.29, 1.82) is 0 Å². The summed E-state index contributed by atoms with van der Waals surface area (Å²) in [7, 11) is 0. The highest BCUT2D eigenvalue weighted by Gasteiger charge is 2.26. The van der Waals surface area contributed by atoms with Gasteiger partial charge in [0.15, 0.2) is 5.69 Å². The lowest BCUT2D eigenvalue weighted by Crippen LogP contribution is -2.48. The first-order chi connectivity index (χ1) is 16.4. The van der Waals surface area contributed by atoms with Crippen LogP contribution in [0.25, 0.3) is 16.9 Å². The van der Waals surface area contributed by atoms with E-state index in [0.717, 1.165) is 16.6 Å². The Kier molecular flexibility index (Phi) is 5.37. The zero-order valence-electron chi connectivity index (χ0n) is 18.5. The summed E-state index contributed by atoms with van der Waals surface area (Å²) in [5.41, 5.74) is 2.69. The number of aryl methyl sites for hydroxylation is 1. The number of aromatic nitrogens is 3. The van der Waals surface area contributed by atoms with Crippen LogP contribution in [-0.2, 0) is 0 Å². The van der Waals surface area contributed by atoms with E-state index in [2.05, 4.69) is 14.9 Å². The van der Waals surface area contributed by atoms with Gasteiger partial charge in [0.1, 0.15) is 5.75 Å². The SMILES string of the molecule is Cc1cc(C(=O)O)nc(-n2cc(C(=O)N3CCN(c4ccc(O)cc4)CC3)c3ccccc32)n1. The first-order valence-electron chi connectivity index (χ1n) is 10.9. The van der Waals surface area contributed by atoms with Crippen LogP contribution in [0.5, 0.6) is 5.75 Å². The van der Waals surface area contributed by atoms with Crippen molar-refractivity contribution in [3.8, 4) is 11.7 Å². The fraction of sp³-hybridized carbons (Fsp3) is 0.200. The number of anilines is 1. The van der Waals surface area contributed by atoms with E-state index in [1.807, 2.05) is 41.3 Å². The molecule has 0 bridgehead atoms. The van der Waals surface area contributed by atoms with Crippen molar-refractivity contribution in [2.45, 2.75) is 6.92 Å². The van der Waals surface area contributed by atoms with E-state index in [9.17, 15) is 19.8 Å². The summed E-state index contributed by atoms with van der Waals surface area (Å²) in [5.74, 6) is -0.788. The van der Waals surface area contributed by atoms with Gasteiger partial charge in [0.05, 0.1) is 11.1 Å². The van der Waals surface area contributed by atoms with Gasteiger partial charge < -0.3 is 20.0 Å². The Bertz CT molecular complexity index is 1390. The number of phenolic OH excluding ortho intramolecular Hbond substituents is 1. The minimum Gasteiger partial charge on any atom is -0.508 e. The molecular formula is C25H23N5O4. The Morgan fingerprint density at radius 2 is 1.65 bits per heavy atom. The molecule has 1 fully saturated rings. The van der Waals surface area contributed by atoms with Gasteiger partial charge in [-0.25, -0.2) is 14.8 Å². The van der Waals surface area contributed by atoms with Crippen molar-refractivity contribution < 1.29 is 19.8 Å². The van der Waals surface area contributed by atoms with Crippen molar-refractivity contribution in [2.75, 3.05) is 31.1 Å². The van der Waals surface area contributed by atoms with E-state index in [-0.39, 0.29) is 23.3 Å². The monoisotopic (exact) mass is 457 g/mol. The molecule has 2 N–H and O–H groups in total. The number of aromatic hydroxyl groups is 1. The van der Waals surface area contributed by atoms with Crippen LogP contribution in [0.1, 0.15) is 26.5 Å². The van der Waals surface area contributed by atoms with Gasteiger partial charge >= 0.3 is 5.97 Å². The highest BCUT2D eigenvalue weighted by atomic mass is 16.4. The highest BCUT2D eigenvalue weighted by molar-refractivity contribution is 6.07. The molecule has 9 heteroatoms. The average Bonchev–Trinajstić information content (AvgIpc) is 3.23. The number of amides is 1. The quantitative estimate of drug-likeness (QED) is 0.484. The van der Waals surface area contributed by atoms with Gasteiger partial charge in [0.2, 0.25) is 5.95 Å². The second-order valence-corrected chi connectivity index (χ2v) is 8.23. The van der Waals surface area contributed by atoms with Gasteiger partial charge in [-0.1, -0.05) is 18.2 Å². The zero-order chi connectivity index (χ0) is 23.8. The second kappa shape index (κ2) is 8.51. The minimum absolute atomic E-state index is 0.0913. The molecule has 0 aliphatic carbocycles. The summed E-state index contributed by atoms with van der Waals surface area (Å²) in [5, 5.41) is 19.7. The van der Waals surface area contributed by atoms with Crippen LogP contribution in [0, 0.1) is 6.92 Å². The molecule has 9 nitrogen and oxygen atoms in total. The Hall–Kier alpha value is -4.40. The maximum Gasteiger partial charge on any atom is 0.354 e. The number of carbonyl (C=O) groups is 2. The van der Waals surface area contributed by atoms with Gasteiger partial charge in [-0.2, -0.15) is 0 Å². The predicted octanol–water partition coefficient (Wildman–Crippen LogP) is 3.10. The average molecular weight is 457 g/mol. The van der Waals surface area contributed by atoms with Gasteiger partial charge in [-0.05, 0) is 43.3 Å². The number of hydrogen-bond donors (Lipinski definition) is 2. The van der Waals surface area contributed by atoms with Gasteiger partial charge in [-0.15, -0.1) is 0 Å². The minimum atomic E-state index is -1.13. The molecule has 1 amide bonds. The highest BCUT2D eigenvalue weighted by Crippen LogP contribution is 2.26. The number of phenols is 1. The lowest BCUT2D eigenvalue weighted by molar-refractivity contribution is 0.0688. The number of benzene rings is 2. The molecule has 1 aliphatic heterocycles. The Balaban J connectivity index is 1.44. The van der Waals surface area contributed by atoms with Crippen LogP contribution in [0.3, 0.4) is 0 Å². The lowest BCUT2D eigenvalue weighted by atomic mass is 10.1. The smallest absolute Gasteiger partial charge is 0.354 e. The van der Waals surface area contributed by atoms with Crippen molar-refractivity contribution in [3.63, 3.8) is 0 Å². The molecule has 0 atom stereocenters. The van der Waals surface area contributed by atoms with Crippen molar-refractivity contribution in [1.82, 2.24) is 19.4 Å². The third kappa shape index (κ3) is 3.92. The van der Waals surface area contributed by atoms with E-state index in [0.29, 0.717) is 37.4 Å². The van der Waals surface area contributed by atoms with Gasteiger partial charge in [-0.3, -0.25) is 9.36 Å². The summed E-state index contributed by atoms with van der Waals surface area (Å²) in [6.45, 7) is 4.19. The second-order valence-electron chi connectivity index (χ2n) is 8.23. The summed E-state index contributed by atoms with van der Waals surface area (Å²) in [4.78, 5) is 37.6. The molecule has 4 aromatic rings. The fourth-order valence-electron chi connectivity index (χ4n) is 4.29. The molecule has 0 radical (unpaired) electrons. The molecule has 0 unspecified atom stereocenters. The van der Waals surface area contributed by atoms with Crippen molar-refractivity contribution in [3.05, 3.63) is 77.7 Å². The number of piperazine rings is 1. The largest absolute Gasteiger partial charge is 0.508 e. The Morgan fingerprint density at radius 3 is 2.35 bits per heavy atom. The summed E-state index contributed by atoms with van der Waals surface area (Å²) >= 11 is 0. The number of hydrogen-bond acceptors (Lipinski definition) is 6. The fourth-order valence-corrected chi connectivity index (χ4v) is 4.29. The Morgan fingerprint density at radius 1 is 0.941 bits per heavy atom. The van der Waals surface area contributed by atoms with Gasteiger partial charge in [0, 0.05) is 49.1 Å². The Labute approximate surface area is 195 Å². The normalized spacial score (nSPS) is 13.9. The molecular weight excluding hydrogens is 434 g/mol. The third-order valence-electron chi connectivity index (χ3n) is 6.00. The maximum absolute atomic E-state index is 13.5. The standard InChI is InChI=1S/C25H23N5O4/c1-16-14-21(24(33)34)27-25(26-16)30-15-20(19-4-2-3-5-22(19)30)23(32)29-12-10-28(11-13-29)17-6-8-18(31)9-7-17/h2-9,14-15,31H,10-13H2,1H3,(H,33,34). The predicted molar refractivity (Wildman–Crippen MR) is 127 cm³/mol. The molecule has 1 aliphatic rings. The number of rotatable bonds is 4. The van der Waals surface area contributed by atoms with Gasteiger partial charge in [0.25, 0.3) is 5.91 Å². The number of para-hydroxylation sites is 1. The topological polar surface area (TPSA) is 112 Å². The van der Waals surface area contributed by atoms with E-state index in [1.54, 1.807) is 29.8 Å². The lowest BCUT2D eigenvalue weighted by Gasteiger charge is -2.36. The molecule has 2 aromatic heterocycles. The first kappa shape index (κ1) is 21.4. The van der Waals surface area contributed by atoms with Crippen LogP contribution in [0.4, 0.5) is 5.69 Å². The van der Waals surface area contributed by atoms with Crippen molar-refractivity contribution in [2.24, 2.45) is 0 Å². The molecule has 1 saturated heterocycles. The zero-order valence-corrected chi connectivity index (χ0v) is 18.5. The summed E-state index contributed by atoms with van der Waals surface area (Å²) in [6, 6.07) is 15.9. The van der Waals surface area contributed by atoms with Crippen LogP contribution in [0.15, 0.2) is 60.8 Å². The summed E-state index contributed by atoms with van der Waals surface area (Å²) < 4.78 is 1.68. The van der Waals surface area contributed by atoms with Crippen LogP contribution in [-0.4, -0.2) is 67.7 Å². The molecule has 0 saturated carbocycles. The molecule has 34 heavy (non-hydrogen) atoms. The maximum atomic E-state index is 13.5. The molecule has 5 rings (SSSR count). The number of carbonyl (C=O) groups excluding carboxylic acids is 1. The molecule has 0 spiro atoms. The van der Waals surface area contributed by atoms with E-state index in [1.165, 1.54) is 6.07 Å². The number of nitrogens with zero attached hydrogens (tertiary/aromatic N) is 5. The first-order valence-corrected chi connectivity index (χ1v) is 10.9.